The summed E-state index contributed by atoms with van der Waals surface area (Å²) in [6.07, 6.45) is 0. The van der Waals surface area contributed by atoms with Crippen molar-refractivity contribution < 1.29 is 0 Å². The summed E-state index contributed by atoms with van der Waals surface area (Å²) in [5, 5.41) is 0. The number of hydrogen-bond donors (Lipinski definition) is 0. The number of aromatic nitrogens is 3. The highest BCUT2D eigenvalue weighted by Gasteiger charge is 2.35. The predicted octanol–water partition coefficient (Wildman–Crippen LogP) is 13.5. The van der Waals surface area contributed by atoms with Crippen LogP contribution in [0.25, 0.3) is 66.9 Å². The van der Waals surface area contributed by atoms with E-state index in [-0.39, 0.29) is 5.41 Å². The molecule has 8 aromatic carbocycles. The van der Waals surface area contributed by atoms with Gasteiger partial charge in [0.2, 0.25) is 5.78 Å². The van der Waals surface area contributed by atoms with E-state index < -0.39 is 0 Å². The molecule has 1 aliphatic carbocycles. The Balaban J connectivity index is 1.04. The van der Waals surface area contributed by atoms with Crippen molar-refractivity contribution in [1.29, 1.82) is 0 Å². The lowest BCUT2D eigenvalue weighted by Gasteiger charge is -2.28. The van der Waals surface area contributed by atoms with Crippen LogP contribution in [0, 0.1) is 0 Å². The summed E-state index contributed by atoms with van der Waals surface area (Å²) in [6.45, 7) is 4.70. The Labute approximate surface area is 326 Å². The van der Waals surface area contributed by atoms with E-state index in [1.807, 2.05) is 0 Å². The highest BCUT2D eigenvalue weighted by atomic mass is 15.2. The highest BCUT2D eigenvalue weighted by molar-refractivity contribution is 5.94. The normalized spacial score (nSPS) is 13.0. The molecule has 0 saturated carbocycles. The van der Waals surface area contributed by atoms with Gasteiger partial charge in [-0.05, 0) is 106 Å². The Morgan fingerprint density at radius 1 is 0.429 bits per heavy atom. The number of benzene rings is 8. The fraction of sp³-hybridized carbons (Fsp3) is 0.0577. The third-order valence-electron chi connectivity index (χ3n) is 11.7. The fourth-order valence-electron chi connectivity index (χ4n) is 9.00. The number of hydrogen-bond acceptors (Lipinski definition) is 2. The Morgan fingerprint density at radius 2 is 0.982 bits per heavy atom. The number of fused-ring (bicyclic) bond motifs is 8. The molecule has 0 fully saturated rings. The van der Waals surface area contributed by atoms with Crippen molar-refractivity contribution in [1.82, 2.24) is 14.0 Å². The second kappa shape index (κ2) is 12.4. The van der Waals surface area contributed by atoms with Gasteiger partial charge in [-0.1, -0.05) is 141 Å². The maximum absolute atomic E-state index is 5.16. The first-order valence-electron chi connectivity index (χ1n) is 19.3. The summed E-state index contributed by atoms with van der Waals surface area (Å²) in [5.41, 5.74) is 18.8. The van der Waals surface area contributed by atoms with Gasteiger partial charge < -0.3 is 4.90 Å². The minimum absolute atomic E-state index is 0.104. The lowest BCUT2D eigenvalue weighted by molar-refractivity contribution is 0.660. The van der Waals surface area contributed by atoms with Crippen LogP contribution in [-0.2, 0) is 5.41 Å². The average Bonchev–Trinajstić information content (AvgIpc) is 3.86. The monoisotopic (exact) mass is 718 g/mol. The van der Waals surface area contributed by atoms with E-state index in [4.69, 9.17) is 4.98 Å². The molecule has 11 rings (SSSR count). The quantitative estimate of drug-likeness (QED) is 0.171. The van der Waals surface area contributed by atoms with Crippen LogP contribution in [0.2, 0.25) is 0 Å². The average molecular weight is 719 g/mol. The van der Waals surface area contributed by atoms with E-state index in [0.717, 1.165) is 61.7 Å². The van der Waals surface area contributed by atoms with Gasteiger partial charge in [0.15, 0.2) is 0 Å². The second-order valence-corrected chi connectivity index (χ2v) is 15.3. The number of nitrogens with zero attached hydrogens (tertiary/aromatic N) is 4. The van der Waals surface area contributed by atoms with Crippen molar-refractivity contribution in [2.75, 3.05) is 4.90 Å². The number of rotatable bonds is 6. The standard InChI is InChI=1S/C52H38N4/c1-52(2)44-18-8-6-17-42(44)43-33-32-40(34-45(43)52)54(38-28-24-36(25-29-38)35-14-4-3-5-15-35)39-30-26-37(27-31-39)41-16-7-10-20-47(41)55-49-22-12-13-23-50(49)56-48-21-11-9-19-46(48)53-51(55)56/h3-34H,1-2H3. The first kappa shape index (κ1) is 32.3. The van der Waals surface area contributed by atoms with E-state index in [0.29, 0.717) is 0 Å². The zero-order valence-electron chi connectivity index (χ0n) is 31.3. The molecule has 56 heavy (non-hydrogen) atoms. The lowest BCUT2D eigenvalue weighted by atomic mass is 9.82. The van der Waals surface area contributed by atoms with Crippen molar-refractivity contribution in [3.63, 3.8) is 0 Å². The van der Waals surface area contributed by atoms with Gasteiger partial charge in [-0.25, -0.2) is 4.98 Å². The minimum atomic E-state index is -0.104. The predicted molar refractivity (Wildman–Crippen MR) is 233 cm³/mol. The van der Waals surface area contributed by atoms with E-state index in [1.54, 1.807) is 0 Å². The third-order valence-corrected chi connectivity index (χ3v) is 11.7. The minimum Gasteiger partial charge on any atom is -0.310 e. The van der Waals surface area contributed by atoms with Gasteiger partial charge in [-0.15, -0.1) is 0 Å². The summed E-state index contributed by atoms with van der Waals surface area (Å²) >= 11 is 0. The van der Waals surface area contributed by atoms with E-state index in [9.17, 15) is 0 Å². The van der Waals surface area contributed by atoms with Crippen LogP contribution in [-0.4, -0.2) is 14.0 Å². The molecule has 2 aromatic heterocycles. The van der Waals surface area contributed by atoms with Gasteiger partial charge in [0.05, 0.1) is 27.8 Å². The summed E-state index contributed by atoms with van der Waals surface area (Å²) in [4.78, 5) is 7.55. The molecule has 10 aromatic rings. The molecule has 0 aliphatic heterocycles. The molecule has 0 radical (unpaired) electrons. The molecular formula is C52H38N4. The van der Waals surface area contributed by atoms with Crippen LogP contribution in [0.5, 0.6) is 0 Å². The van der Waals surface area contributed by atoms with Crippen molar-refractivity contribution in [3.8, 4) is 39.1 Å². The van der Waals surface area contributed by atoms with Gasteiger partial charge in [0, 0.05) is 28.0 Å². The summed E-state index contributed by atoms with van der Waals surface area (Å²) < 4.78 is 4.59. The molecule has 2 heterocycles. The molecule has 0 spiro atoms. The molecule has 1 aliphatic rings. The smallest absolute Gasteiger partial charge is 0.220 e. The molecule has 0 unspecified atom stereocenters. The van der Waals surface area contributed by atoms with Crippen molar-refractivity contribution in [2.24, 2.45) is 0 Å². The fourth-order valence-corrected chi connectivity index (χ4v) is 9.00. The molecule has 0 bridgehead atoms. The van der Waals surface area contributed by atoms with Crippen molar-refractivity contribution in [3.05, 3.63) is 205 Å². The van der Waals surface area contributed by atoms with Crippen molar-refractivity contribution >= 4 is 44.9 Å². The Kier molecular flexibility index (Phi) is 7.17. The first-order chi connectivity index (χ1) is 27.5. The Bertz CT molecular complexity index is 3090. The SMILES string of the molecule is CC1(C)c2ccccc2-c2ccc(N(c3ccc(-c4ccccc4)cc3)c3ccc(-c4ccccc4-n4c5ccccc5n5c6ccccc6nc45)cc3)cc21. The van der Waals surface area contributed by atoms with Crippen LogP contribution in [0.15, 0.2) is 194 Å². The lowest BCUT2D eigenvalue weighted by Crippen LogP contribution is -2.16. The van der Waals surface area contributed by atoms with E-state index in [1.165, 1.54) is 33.4 Å². The molecule has 4 nitrogen and oxygen atoms in total. The first-order valence-corrected chi connectivity index (χ1v) is 19.3. The van der Waals surface area contributed by atoms with E-state index in [2.05, 4.69) is 222 Å². The van der Waals surface area contributed by atoms with Crippen molar-refractivity contribution in [2.45, 2.75) is 19.3 Å². The maximum Gasteiger partial charge on any atom is 0.220 e. The van der Waals surface area contributed by atoms with Crippen LogP contribution in [0.3, 0.4) is 0 Å². The number of para-hydroxylation sites is 5. The van der Waals surface area contributed by atoms with Crippen LogP contribution >= 0.6 is 0 Å². The topological polar surface area (TPSA) is 25.5 Å². The number of anilines is 3. The van der Waals surface area contributed by atoms with Crippen LogP contribution in [0.1, 0.15) is 25.0 Å². The summed E-state index contributed by atoms with van der Waals surface area (Å²) in [6, 6.07) is 70.1. The molecular weight excluding hydrogens is 681 g/mol. The largest absolute Gasteiger partial charge is 0.310 e. The van der Waals surface area contributed by atoms with Gasteiger partial charge in [0.1, 0.15) is 0 Å². The molecule has 0 amide bonds. The zero-order chi connectivity index (χ0) is 37.4. The molecule has 0 saturated heterocycles. The Hall–Kier alpha value is -7.17. The molecule has 4 heteroatoms. The van der Waals surface area contributed by atoms with Gasteiger partial charge in [-0.3, -0.25) is 8.97 Å². The van der Waals surface area contributed by atoms with Gasteiger partial charge in [-0.2, -0.15) is 0 Å². The molecule has 0 atom stereocenters. The van der Waals surface area contributed by atoms with E-state index >= 15 is 0 Å². The molecule has 0 N–H and O–H groups in total. The third kappa shape index (κ3) is 4.89. The second-order valence-electron chi connectivity index (χ2n) is 15.3. The summed E-state index contributed by atoms with van der Waals surface area (Å²) in [7, 11) is 0. The van der Waals surface area contributed by atoms with Crippen LogP contribution < -0.4 is 4.90 Å². The number of imidazole rings is 2. The zero-order valence-corrected chi connectivity index (χ0v) is 31.3. The highest BCUT2D eigenvalue weighted by Crippen LogP contribution is 2.50. The van der Waals surface area contributed by atoms with Gasteiger partial charge >= 0.3 is 0 Å². The maximum atomic E-state index is 5.16. The Morgan fingerprint density at radius 3 is 1.75 bits per heavy atom. The van der Waals surface area contributed by atoms with Gasteiger partial charge in [0.25, 0.3) is 0 Å². The summed E-state index contributed by atoms with van der Waals surface area (Å²) in [5.74, 6) is 0.906. The van der Waals surface area contributed by atoms with Crippen LogP contribution in [0.4, 0.5) is 17.1 Å². The molecule has 266 valence electrons.